The fourth-order valence-corrected chi connectivity index (χ4v) is 4.81. The molecule has 32 heavy (non-hydrogen) atoms. The lowest BCUT2D eigenvalue weighted by atomic mass is 10.2. The lowest BCUT2D eigenvalue weighted by Gasteiger charge is -2.35. The van der Waals surface area contributed by atoms with Gasteiger partial charge in [-0.25, -0.2) is 18.2 Å². The van der Waals surface area contributed by atoms with E-state index in [0.29, 0.717) is 18.8 Å². The van der Waals surface area contributed by atoms with Gasteiger partial charge < -0.3 is 19.3 Å². The molecule has 1 aliphatic rings. The quantitative estimate of drug-likeness (QED) is 0.702. The van der Waals surface area contributed by atoms with Crippen molar-refractivity contribution in [3.8, 4) is 5.75 Å². The van der Waals surface area contributed by atoms with Gasteiger partial charge in [-0.15, -0.1) is 0 Å². The molecule has 1 N–H and O–H groups in total. The molecule has 2 aromatic rings. The van der Waals surface area contributed by atoms with Gasteiger partial charge in [0.05, 0.1) is 31.7 Å². The van der Waals surface area contributed by atoms with Crippen LogP contribution in [0.2, 0.25) is 0 Å². The average molecular weight is 478 g/mol. The number of rotatable bonds is 5. The Hall–Kier alpha value is -2.64. The van der Waals surface area contributed by atoms with Crippen LogP contribution in [0.1, 0.15) is 17.3 Å². The van der Waals surface area contributed by atoms with Crippen LogP contribution in [0.4, 0.5) is 13.2 Å². The summed E-state index contributed by atoms with van der Waals surface area (Å²) in [5.41, 5.74) is 1.85. The minimum atomic E-state index is -5.08. The number of carboxylic acids is 1. The standard InChI is InChI=1S/C17H24N4O3S.C2HF3O2/c1-13-5-6-17(16(7-13)24-4)25(22,23)20-10-14-8-18-12-21(14)15(11-20)9-19(2)3;3-2(4,5)1(6)7/h5-8,12,15H,9-11H2,1-4H3;(H,6,7). The van der Waals surface area contributed by atoms with Gasteiger partial charge in [-0.05, 0) is 38.7 Å². The summed E-state index contributed by atoms with van der Waals surface area (Å²) in [5.74, 6) is -2.38. The maximum absolute atomic E-state index is 13.2. The van der Waals surface area contributed by atoms with E-state index in [0.717, 1.165) is 17.8 Å². The van der Waals surface area contributed by atoms with Gasteiger partial charge in [0.1, 0.15) is 10.6 Å². The molecule has 3 rings (SSSR count). The van der Waals surface area contributed by atoms with E-state index in [2.05, 4.69) is 14.5 Å². The van der Waals surface area contributed by atoms with Gasteiger partial charge in [-0.2, -0.15) is 17.5 Å². The molecule has 178 valence electrons. The second-order valence-corrected chi connectivity index (χ2v) is 9.37. The number of imidazole rings is 1. The van der Waals surface area contributed by atoms with Crippen LogP contribution in [0.25, 0.3) is 0 Å². The zero-order chi connectivity index (χ0) is 24.3. The lowest BCUT2D eigenvalue weighted by Crippen LogP contribution is -2.43. The SMILES string of the molecule is COc1cc(C)ccc1S(=O)(=O)N1Cc2cncn2C(CN(C)C)C1.O=C(O)C(F)(F)F. The molecule has 1 atom stereocenters. The Kier molecular flexibility index (Phi) is 7.91. The molecule has 1 unspecified atom stereocenters. The smallest absolute Gasteiger partial charge is 0.490 e. The molecular formula is C19H25F3N4O5S. The summed E-state index contributed by atoms with van der Waals surface area (Å²) in [6.45, 7) is 3.36. The van der Waals surface area contributed by atoms with Crippen molar-refractivity contribution in [2.45, 2.75) is 30.6 Å². The van der Waals surface area contributed by atoms with E-state index >= 15 is 0 Å². The van der Waals surface area contributed by atoms with Crippen molar-refractivity contribution in [1.29, 1.82) is 0 Å². The molecule has 0 saturated carbocycles. The van der Waals surface area contributed by atoms with Crippen molar-refractivity contribution in [3.63, 3.8) is 0 Å². The zero-order valence-corrected chi connectivity index (χ0v) is 18.8. The number of halogens is 3. The number of methoxy groups -OCH3 is 1. The molecule has 2 heterocycles. The van der Waals surface area contributed by atoms with Gasteiger partial charge in [0, 0.05) is 19.3 Å². The van der Waals surface area contributed by atoms with Crippen LogP contribution in [0, 0.1) is 6.92 Å². The maximum atomic E-state index is 13.2. The van der Waals surface area contributed by atoms with Crippen molar-refractivity contribution < 1.29 is 36.2 Å². The Morgan fingerprint density at radius 2 is 1.97 bits per heavy atom. The third kappa shape index (κ3) is 5.99. The second kappa shape index (κ2) is 9.88. The lowest BCUT2D eigenvalue weighted by molar-refractivity contribution is -0.192. The molecule has 1 aliphatic heterocycles. The summed E-state index contributed by atoms with van der Waals surface area (Å²) in [6, 6.07) is 5.18. The number of hydrogen-bond donors (Lipinski definition) is 1. The van der Waals surface area contributed by atoms with E-state index in [9.17, 15) is 21.6 Å². The number of aromatic nitrogens is 2. The third-order valence-electron chi connectivity index (χ3n) is 4.65. The number of likely N-dealkylation sites (N-methyl/N-ethyl adjacent to an activating group) is 1. The molecule has 0 saturated heterocycles. The van der Waals surface area contributed by atoms with Crippen molar-refractivity contribution in [3.05, 3.63) is 42.0 Å². The Morgan fingerprint density at radius 3 is 2.50 bits per heavy atom. The highest BCUT2D eigenvalue weighted by Crippen LogP contribution is 2.32. The van der Waals surface area contributed by atoms with Crippen LogP contribution in [0.5, 0.6) is 5.75 Å². The Labute approximate surface area is 184 Å². The molecule has 0 spiro atoms. The largest absolute Gasteiger partial charge is 0.495 e. The Bertz CT molecular complexity index is 1050. The first kappa shape index (κ1) is 25.6. The van der Waals surface area contributed by atoms with Gasteiger partial charge in [0.15, 0.2) is 0 Å². The number of carbonyl (C=O) groups is 1. The monoisotopic (exact) mass is 478 g/mol. The number of sulfonamides is 1. The van der Waals surface area contributed by atoms with Gasteiger partial charge in [0.2, 0.25) is 10.0 Å². The van der Waals surface area contributed by atoms with Crippen molar-refractivity contribution >= 4 is 16.0 Å². The van der Waals surface area contributed by atoms with E-state index in [-0.39, 0.29) is 10.9 Å². The normalized spacial score (nSPS) is 16.8. The highest BCUT2D eigenvalue weighted by Gasteiger charge is 2.38. The predicted molar refractivity (Wildman–Crippen MR) is 109 cm³/mol. The number of nitrogens with zero attached hydrogens (tertiary/aromatic N) is 4. The third-order valence-corrected chi connectivity index (χ3v) is 6.50. The summed E-state index contributed by atoms with van der Waals surface area (Å²) in [4.78, 5) is 15.3. The van der Waals surface area contributed by atoms with Crippen LogP contribution in [0.15, 0.2) is 35.6 Å². The average Bonchev–Trinajstić information content (AvgIpc) is 3.16. The fourth-order valence-electron chi connectivity index (χ4n) is 3.23. The summed E-state index contributed by atoms with van der Waals surface area (Å²) >= 11 is 0. The second-order valence-electron chi connectivity index (χ2n) is 7.46. The molecule has 1 aromatic heterocycles. The first-order chi connectivity index (χ1) is 14.8. The van der Waals surface area contributed by atoms with Crippen LogP contribution in [-0.4, -0.2) is 78.7 Å². The highest BCUT2D eigenvalue weighted by molar-refractivity contribution is 7.89. The summed E-state index contributed by atoms with van der Waals surface area (Å²) < 4.78 is 67.1. The van der Waals surface area contributed by atoms with Crippen LogP contribution in [0.3, 0.4) is 0 Å². The van der Waals surface area contributed by atoms with Crippen molar-refractivity contribution in [1.82, 2.24) is 18.8 Å². The molecule has 0 amide bonds. The first-order valence-electron chi connectivity index (χ1n) is 9.37. The topological polar surface area (TPSA) is 105 Å². The number of carboxylic acid groups (broad SMARTS) is 1. The van der Waals surface area contributed by atoms with Gasteiger partial charge in [0.25, 0.3) is 0 Å². The van der Waals surface area contributed by atoms with Gasteiger partial charge in [-0.1, -0.05) is 6.07 Å². The number of aliphatic carboxylic acids is 1. The Morgan fingerprint density at radius 1 is 1.34 bits per heavy atom. The van der Waals surface area contributed by atoms with Crippen molar-refractivity contribution in [2.75, 3.05) is 34.3 Å². The molecule has 9 nitrogen and oxygen atoms in total. The van der Waals surface area contributed by atoms with Crippen molar-refractivity contribution in [2.24, 2.45) is 0 Å². The number of alkyl halides is 3. The van der Waals surface area contributed by atoms with Gasteiger partial charge in [-0.3, -0.25) is 0 Å². The summed E-state index contributed by atoms with van der Waals surface area (Å²) in [7, 11) is 1.79. The first-order valence-corrected chi connectivity index (χ1v) is 10.8. The zero-order valence-electron chi connectivity index (χ0n) is 18.0. The number of hydrogen-bond acceptors (Lipinski definition) is 6. The van der Waals surface area contributed by atoms with E-state index in [4.69, 9.17) is 14.6 Å². The molecule has 0 bridgehead atoms. The maximum Gasteiger partial charge on any atom is 0.490 e. The van der Waals surface area contributed by atoms with E-state index in [1.165, 1.54) is 11.4 Å². The van der Waals surface area contributed by atoms with E-state index in [1.807, 2.05) is 21.0 Å². The molecule has 1 aromatic carbocycles. The number of benzene rings is 1. The van der Waals surface area contributed by atoms with Crippen LogP contribution >= 0.6 is 0 Å². The molecule has 0 fully saturated rings. The molecule has 0 radical (unpaired) electrons. The molecule has 13 heteroatoms. The summed E-state index contributed by atoms with van der Waals surface area (Å²) in [5, 5.41) is 7.12. The summed E-state index contributed by atoms with van der Waals surface area (Å²) in [6.07, 6.45) is -1.57. The van der Waals surface area contributed by atoms with Crippen LogP contribution < -0.4 is 4.74 Å². The van der Waals surface area contributed by atoms with Crippen LogP contribution in [-0.2, 0) is 21.4 Å². The number of aryl methyl sites for hydroxylation is 1. The Balaban J connectivity index is 0.000000451. The van der Waals surface area contributed by atoms with Gasteiger partial charge >= 0.3 is 12.1 Å². The number of ether oxygens (including phenoxy) is 1. The number of fused-ring (bicyclic) bond motifs is 1. The predicted octanol–water partition coefficient (Wildman–Crippen LogP) is 2.14. The molecule has 0 aliphatic carbocycles. The fraction of sp³-hybridized carbons (Fsp3) is 0.474. The van der Waals surface area contributed by atoms with E-state index < -0.39 is 22.2 Å². The minimum absolute atomic E-state index is 0.0208. The minimum Gasteiger partial charge on any atom is -0.495 e. The van der Waals surface area contributed by atoms with E-state index in [1.54, 1.807) is 30.7 Å². The molecular weight excluding hydrogens is 453 g/mol. The highest BCUT2D eigenvalue weighted by atomic mass is 32.2.